The molecule has 0 aromatic heterocycles. The number of halogens is 1. The van der Waals surface area contributed by atoms with Crippen LogP contribution in [0, 0.1) is 5.82 Å². The highest BCUT2D eigenvalue weighted by Gasteiger charge is 2.27. The fraction of sp³-hybridized carbons (Fsp3) is 0.350. The molecule has 1 N–H and O–H groups in total. The van der Waals surface area contributed by atoms with Crippen LogP contribution in [0.1, 0.15) is 26.2 Å². The number of carbonyl (C=O) groups is 1. The van der Waals surface area contributed by atoms with Crippen molar-refractivity contribution in [2.24, 2.45) is 0 Å². The first-order chi connectivity index (χ1) is 13.4. The Kier molecular flexibility index (Phi) is 6.31. The Balaban J connectivity index is 1.67. The molecule has 1 atom stereocenters. The van der Waals surface area contributed by atoms with E-state index in [2.05, 4.69) is 5.32 Å². The van der Waals surface area contributed by atoms with E-state index in [-0.39, 0.29) is 10.6 Å². The molecule has 6 nitrogen and oxygen atoms in total. The van der Waals surface area contributed by atoms with E-state index in [0.29, 0.717) is 25.2 Å². The van der Waals surface area contributed by atoms with Crippen LogP contribution in [0.25, 0.3) is 0 Å². The van der Waals surface area contributed by atoms with Crippen molar-refractivity contribution in [2.75, 3.05) is 18.4 Å². The van der Waals surface area contributed by atoms with Gasteiger partial charge in [0.15, 0.2) is 17.7 Å². The smallest absolute Gasteiger partial charge is 0.265 e. The minimum atomic E-state index is -3.50. The number of rotatable bonds is 7. The molecule has 1 saturated heterocycles. The number of hydrogen-bond acceptors (Lipinski definition) is 4. The van der Waals surface area contributed by atoms with Crippen molar-refractivity contribution in [3.05, 3.63) is 54.3 Å². The minimum Gasteiger partial charge on any atom is -0.478 e. The van der Waals surface area contributed by atoms with Gasteiger partial charge in [-0.2, -0.15) is 4.31 Å². The van der Waals surface area contributed by atoms with Gasteiger partial charge in [0.25, 0.3) is 5.91 Å². The quantitative estimate of drug-likeness (QED) is 0.765. The molecule has 0 saturated carbocycles. The Hall–Kier alpha value is -2.45. The van der Waals surface area contributed by atoms with Crippen LogP contribution in [0.3, 0.4) is 0 Å². The number of amides is 1. The lowest BCUT2D eigenvalue weighted by molar-refractivity contribution is -0.122. The minimum absolute atomic E-state index is 0.0107. The van der Waals surface area contributed by atoms with Crippen molar-refractivity contribution in [1.82, 2.24) is 4.31 Å². The molecular weight excluding hydrogens is 383 g/mol. The largest absolute Gasteiger partial charge is 0.478 e. The second-order valence-corrected chi connectivity index (χ2v) is 8.51. The average Bonchev–Trinajstić information content (AvgIpc) is 3.23. The number of nitrogens with one attached hydrogen (secondary N) is 1. The molecule has 0 spiro atoms. The zero-order chi connectivity index (χ0) is 20.1. The molecule has 3 rings (SSSR count). The molecule has 0 unspecified atom stereocenters. The molecule has 0 bridgehead atoms. The zero-order valence-corrected chi connectivity index (χ0v) is 16.4. The molecule has 1 fully saturated rings. The summed E-state index contributed by atoms with van der Waals surface area (Å²) < 4.78 is 45.8. The van der Waals surface area contributed by atoms with Crippen LogP contribution < -0.4 is 10.1 Å². The van der Waals surface area contributed by atoms with Crippen LogP contribution in [0.4, 0.5) is 10.1 Å². The highest BCUT2D eigenvalue weighted by Crippen LogP contribution is 2.23. The highest BCUT2D eigenvalue weighted by molar-refractivity contribution is 7.89. The Morgan fingerprint density at radius 3 is 2.39 bits per heavy atom. The number of nitrogens with zero attached hydrogens (tertiary/aromatic N) is 1. The fourth-order valence-corrected chi connectivity index (χ4v) is 4.54. The van der Waals surface area contributed by atoms with E-state index in [4.69, 9.17) is 4.74 Å². The van der Waals surface area contributed by atoms with Crippen LogP contribution in [-0.4, -0.2) is 37.8 Å². The summed E-state index contributed by atoms with van der Waals surface area (Å²) >= 11 is 0. The monoisotopic (exact) mass is 406 g/mol. The second-order valence-electron chi connectivity index (χ2n) is 6.57. The van der Waals surface area contributed by atoms with Crippen molar-refractivity contribution < 1.29 is 22.3 Å². The Labute approximate surface area is 164 Å². The molecule has 1 amide bonds. The van der Waals surface area contributed by atoms with Gasteiger partial charge >= 0.3 is 0 Å². The van der Waals surface area contributed by atoms with Gasteiger partial charge in [-0.3, -0.25) is 4.79 Å². The van der Waals surface area contributed by atoms with Crippen LogP contribution >= 0.6 is 0 Å². The van der Waals surface area contributed by atoms with Crippen LogP contribution in [0.5, 0.6) is 5.75 Å². The molecular formula is C20H23FN2O4S. The SMILES string of the molecule is CC[C@@H](Oc1ccccc1F)C(=O)Nc1ccc(S(=O)(=O)N2CCCC2)cc1. The molecule has 0 aliphatic carbocycles. The van der Waals surface area contributed by atoms with E-state index in [9.17, 15) is 17.6 Å². The summed E-state index contributed by atoms with van der Waals surface area (Å²) in [5.74, 6) is -0.956. The van der Waals surface area contributed by atoms with Crippen LogP contribution in [-0.2, 0) is 14.8 Å². The van der Waals surface area contributed by atoms with Gasteiger partial charge in [0.05, 0.1) is 4.90 Å². The number of anilines is 1. The van der Waals surface area contributed by atoms with Crippen LogP contribution in [0.2, 0.25) is 0 Å². The summed E-state index contributed by atoms with van der Waals surface area (Å²) in [6.07, 6.45) is 1.22. The highest BCUT2D eigenvalue weighted by atomic mass is 32.2. The third-order valence-corrected chi connectivity index (χ3v) is 6.51. The third kappa shape index (κ3) is 4.51. The number of hydrogen-bond donors (Lipinski definition) is 1. The van der Waals surface area contributed by atoms with E-state index < -0.39 is 27.9 Å². The third-order valence-electron chi connectivity index (χ3n) is 4.59. The van der Waals surface area contributed by atoms with Gasteiger partial charge in [0.1, 0.15) is 0 Å². The van der Waals surface area contributed by atoms with E-state index in [1.807, 2.05) is 0 Å². The van der Waals surface area contributed by atoms with Gasteiger partial charge in [-0.15, -0.1) is 0 Å². The first-order valence-corrected chi connectivity index (χ1v) is 10.7. The molecule has 0 radical (unpaired) electrons. The van der Waals surface area contributed by atoms with E-state index in [1.165, 1.54) is 40.7 Å². The van der Waals surface area contributed by atoms with Crippen molar-refractivity contribution in [3.8, 4) is 5.75 Å². The van der Waals surface area contributed by atoms with Gasteiger partial charge < -0.3 is 10.1 Å². The topological polar surface area (TPSA) is 75.7 Å². The fourth-order valence-electron chi connectivity index (χ4n) is 3.03. The van der Waals surface area contributed by atoms with Gasteiger partial charge in [0.2, 0.25) is 10.0 Å². The van der Waals surface area contributed by atoms with Crippen molar-refractivity contribution in [1.29, 1.82) is 0 Å². The number of ether oxygens (including phenoxy) is 1. The Morgan fingerprint density at radius 2 is 1.79 bits per heavy atom. The second kappa shape index (κ2) is 8.70. The van der Waals surface area contributed by atoms with E-state index in [0.717, 1.165) is 12.8 Å². The van der Waals surface area contributed by atoms with Gasteiger partial charge in [-0.05, 0) is 55.7 Å². The molecule has 8 heteroatoms. The molecule has 1 aliphatic heterocycles. The number of sulfonamides is 1. The van der Waals surface area contributed by atoms with Gasteiger partial charge in [-0.25, -0.2) is 12.8 Å². The number of carbonyl (C=O) groups excluding carboxylic acids is 1. The first kappa shape index (κ1) is 20.3. The maximum atomic E-state index is 13.7. The predicted octanol–water partition coefficient (Wildman–Crippen LogP) is 3.41. The average molecular weight is 406 g/mol. The van der Waals surface area contributed by atoms with E-state index in [1.54, 1.807) is 19.1 Å². The molecule has 150 valence electrons. The molecule has 2 aromatic rings. The van der Waals surface area contributed by atoms with Crippen molar-refractivity contribution in [3.63, 3.8) is 0 Å². The Bertz CT molecular complexity index is 925. The molecule has 1 heterocycles. The summed E-state index contributed by atoms with van der Waals surface area (Å²) in [7, 11) is -3.50. The molecule has 28 heavy (non-hydrogen) atoms. The lowest BCUT2D eigenvalue weighted by Gasteiger charge is -2.18. The predicted molar refractivity (Wildman–Crippen MR) is 104 cm³/mol. The van der Waals surface area contributed by atoms with Gasteiger partial charge in [-0.1, -0.05) is 19.1 Å². The lowest BCUT2D eigenvalue weighted by Crippen LogP contribution is -2.32. The summed E-state index contributed by atoms with van der Waals surface area (Å²) in [5, 5.41) is 2.69. The van der Waals surface area contributed by atoms with Crippen LogP contribution in [0.15, 0.2) is 53.4 Å². The Morgan fingerprint density at radius 1 is 1.14 bits per heavy atom. The standard InChI is InChI=1S/C20H23FN2O4S/c1-2-18(27-19-8-4-3-7-17(19)21)20(24)22-15-9-11-16(12-10-15)28(25,26)23-13-5-6-14-23/h3-4,7-12,18H,2,5-6,13-14H2,1H3,(H,22,24)/t18-/m1/s1. The summed E-state index contributed by atoms with van der Waals surface area (Å²) in [4.78, 5) is 12.7. The lowest BCUT2D eigenvalue weighted by atomic mass is 10.2. The molecule has 2 aromatic carbocycles. The number of para-hydroxylation sites is 1. The zero-order valence-electron chi connectivity index (χ0n) is 15.6. The normalized spacial score (nSPS) is 15.9. The maximum Gasteiger partial charge on any atom is 0.265 e. The maximum absolute atomic E-state index is 13.7. The summed E-state index contributed by atoms with van der Waals surface area (Å²) in [6.45, 7) is 2.83. The van der Waals surface area contributed by atoms with E-state index >= 15 is 0 Å². The summed E-state index contributed by atoms with van der Waals surface area (Å²) in [5.41, 5.74) is 0.445. The number of benzene rings is 2. The molecule has 1 aliphatic rings. The van der Waals surface area contributed by atoms with Crippen molar-refractivity contribution >= 4 is 21.6 Å². The first-order valence-electron chi connectivity index (χ1n) is 9.24. The summed E-state index contributed by atoms with van der Waals surface area (Å²) in [6, 6.07) is 11.9. The van der Waals surface area contributed by atoms with Crippen molar-refractivity contribution in [2.45, 2.75) is 37.2 Å². The van der Waals surface area contributed by atoms with Gasteiger partial charge in [0, 0.05) is 18.8 Å².